The number of nitrogens with one attached hydrogen (secondary N) is 1. The molecule has 6 nitrogen and oxygen atoms in total. The molecular weight excluding hydrogens is 256 g/mol. The lowest BCUT2D eigenvalue weighted by Crippen LogP contribution is -2.54. The summed E-state index contributed by atoms with van der Waals surface area (Å²) in [6.07, 6.45) is 3.88. The number of rotatable bonds is 3. The minimum Gasteiger partial charge on any atom is -0.396 e. The van der Waals surface area contributed by atoms with Gasteiger partial charge in [-0.1, -0.05) is 0 Å². The van der Waals surface area contributed by atoms with E-state index in [2.05, 4.69) is 10.3 Å². The van der Waals surface area contributed by atoms with Crippen molar-refractivity contribution in [1.82, 2.24) is 10.3 Å². The van der Waals surface area contributed by atoms with E-state index in [4.69, 9.17) is 10.5 Å². The van der Waals surface area contributed by atoms with E-state index in [1.54, 1.807) is 6.20 Å². The van der Waals surface area contributed by atoms with Crippen LogP contribution in [0.4, 0.5) is 11.5 Å². The molecule has 3 N–H and O–H groups in total. The highest BCUT2D eigenvalue weighted by molar-refractivity contribution is 5.87. The number of aryl methyl sites for hydroxylation is 1. The fourth-order valence-electron chi connectivity index (χ4n) is 2.38. The van der Waals surface area contributed by atoms with Crippen LogP contribution in [0.2, 0.25) is 0 Å². The molecule has 3 rings (SSSR count). The second-order valence-electron chi connectivity index (χ2n) is 5.43. The van der Waals surface area contributed by atoms with Crippen LogP contribution >= 0.6 is 0 Å². The molecule has 1 saturated heterocycles. The van der Waals surface area contributed by atoms with Gasteiger partial charge in [0.25, 0.3) is 0 Å². The Hall–Kier alpha value is -1.82. The van der Waals surface area contributed by atoms with Crippen molar-refractivity contribution in [1.29, 1.82) is 0 Å². The van der Waals surface area contributed by atoms with Crippen LogP contribution in [0.1, 0.15) is 18.4 Å². The van der Waals surface area contributed by atoms with Crippen molar-refractivity contribution >= 4 is 17.4 Å². The maximum Gasteiger partial charge on any atom is 0.245 e. The molecule has 1 aliphatic carbocycles. The third-order valence-electron chi connectivity index (χ3n) is 3.81. The van der Waals surface area contributed by atoms with Crippen molar-refractivity contribution in [2.45, 2.75) is 31.8 Å². The molecule has 0 spiro atoms. The SMILES string of the molecule is Cc1ccnc(N2CCOCC2C(=O)NC2CC2)c1N. The first-order valence-electron chi connectivity index (χ1n) is 7.02. The molecule has 1 aromatic rings. The summed E-state index contributed by atoms with van der Waals surface area (Å²) < 4.78 is 5.46. The highest BCUT2D eigenvalue weighted by Gasteiger charge is 2.34. The summed E-state index contributed by atoms with van der Waals surface area (Å²) >= 11 is 0. The van der Waals surface area contributed by atoms with Crippen LogP contribution in [-0.2, 0) is 9.53 Å². The number of morpholine rings is 1. The topological polar surface area (TPSA) is 80.5 Å². The molecule has 2 aliphatic rings. The van der Waals surface area contributed by atoms with Crippen LogP contribution in [0.25, 0.3) is 0 Å². The van der Waals surface area contributed by atoms with Crippen molar-refractivity contribution in [2.24, 2.45) is 0 Å². The number of nitrogens with zero attached hydrogens (tertiary/aromatic N) is 2. The van der Waals surface area contributed by atoms with Crippen LogP contribution in [0.15, 0.2) is 12.3 Å². The number of carbonyl (C=O) groups excluding carboxylic acids is 1. The number of amides is 1. The van der Waals surface area contributed by atoms with Gasteiger partial charge < -0.3 is 20.7 Å². The van der Waals surface area contributed by atoms with Crippen LogP contribution in [0.5, 0.6) is 0 Å². The van der Waals surface area contributed by atoms with Gasteiger partial charge in [-0.15, -0.1) is 0 Å². The number of nitrogen functional groups attached to an aromatic ring is 1. The summed E-state index contributed by atoms with van der Waals surface area (Å²) in [6.45, 7) is 3.54. The summed E-state index contributed by atoms with van der Waals surface area (Å²) in [5.41, 5.74) is 7.73. The zero-order chi connectivity index (χ0) is 14.1. The molecule has 1 unspecified atom stereocenters. The van der Waals surface area contributed by atoms with Gasteiger partial charge in [-0.3, -0.25) is 4.79 Å². The molecular formula is C14H20N4O2. The van der Waals surface area contributed by atoms with Crippen molar-refractivity contribution in [3.63, 3.8) is 0 Å². The maximum atomic E-state index is 12.3. The molecule has 108 valence electrons. The third-order valence-corrected chi connectivity index (χ3v) is 3.81. The molecule has 1 saturated carbocycles. The Bertz CT molecular complexity index is 516. The number of aromatic nitrogens is 1. The van der Waals surface area contributed by atoms with E-state index in [9.17, 15) is 4.79 Å². The normalized spacial score (nSPS) is 22.6. The summed E-state index contributed by atoms with van der Waals surface area (Å²) in [7, 11) is 0. The van der Waals surface area contributed by atoms with Gasteiger partial charge in [-0.25, -0.2) is 4.98 Å². The monoisotopic (exact) mass is 276 g/mol. The lowest BCUT2D eigenvalue weighted by molar-refractivity contribution is -0.124. The zero-order valence-electron chi connectivity index (χ0n) is 11.6. The van der Waals surface area contributed by atoms with E-state index >= 15 is 0 Å². The standard InChI is InChI=1S/C14H20N4O2/c1-9-4-5-16-13(12(9)15)18-6-7-20-8-11(18)14(19)17-10-2-3-10/h4-5,10-11H,2-3,6-8,15H2,1H3,(H,17,19). The Morgan fingerprint density at radius 3 is 3.10 bits per heavy atom. The largest absolute Gasteiger partial charge is 0.396 e. The van der Waals surface area contributed by atoms with Crippen molar-refractivity contribution in [3.8, 4) is 0 Å². The second-order valence-corrected chi connectivity index (χ2v) is 5.43. The fourth-order valence-corrected chi connectivity index (χ4v) is 2.38. The smallest absolute Gasteiger partial charge is 0.245 e. The predicted molar refractivity (Wildman–Crippen MR) is 76.5 cm³/mol. The minimum absolute atomic E-state index is 0.00917. The average Bonchev–Trinajstić information content (AvgIpc) is 3.26. The first kappa shape index (κ1) is 13.2. The summed E-state index contributed by atoms with van der Waals surface area (Å²) in [6, 6.07) is 1.87. The molecule has 0 radical (unpaired) electrons. The maximum absolute atomic E-state index is 12.3. The molecule has 2 fully saturated rings. The average molecular weight is 276 g/mol. The van der Waals surface area contributed by atoms with Gasteiger partial charge >= 0.3 is 0 Å². The number of nitrogens with two attached hydrogens (primary N) is 1. The van der Waals surface area contributed by atoms with E-state index in [0.717, 1.165) is 18.4 Å². The molecule has 0 bridgehead atoms. The molecule has 1 amide bonds. The molecule has 1 atom stereocenters. The first-order valence-corrected chi connectivity index (χ1v) is 7.02. The van der Waals surface area contributed by atoms with Crippen LogP contribution in [-0.4, -0.2) is 42.7 Å². The number of hydrogen-bond donors (Lipinski definition) is 2. The van der Waals surface area contributed by atoms with Crippen molar-refractivity contribution in [3.05, 3.63) is 17.8 Å². The first-order chi connectivity index (χ1) is 9.66. The Morgan fingerprint density at radius 2 is 2.35 bits per heavy atom. The van der Waals surface area contributed by atoms with Gasteiger partial charge in [0.05, 0.1) is 18.9 Å². The van der Waals surface area contributed by atoms with Gasteiger partial charge in [0.2, 0.25) is 5.91 Å². The Kier molecular flexibility index (Phi) is 3.48. The summed E-state index contributed by atoms with van der Waals surface area (Å²) in [5.74, 6) is 0.694. The highest BCUT2D eigenvalue weighted by Crippen LogP contribution is 2.27. The zero-order valence-corrected chi connectivity index (χ0v) is 11.6. The second kappa shape index (κ2) is 5.28. The Morgan fingerprint density at radius 1 is 1.55 bits per heavy atom. The van der Waals surface area contributed by atoms with Gasteiger partial charge in [-0.2, -0.15) is 0 Å². The van der Waals surface area contributed by atoms with E-state index in [1.807, 2.05) is 17.9 Å². The molecule has 6 heteroatoms. The molecule has 20 heavy (non-hydrogen) atoms. The van der Waals surface area contributed by atoms with Crippen LogP contribution in [0, 0.1) is 6.92 Å². The lowest BCUT2D eigenvalue weighted by atomic mass is 10.1. The summed E-state index contributed by atoms with van der Waals surface area (Å²) in [4.78, 5) is 18.6. The van der Waals surface area contributed by atoms with Crippen LogP contribution in [0.3, 0.4) is 0 Å². The van der Waals surface area contributed by atoms with Crippen molar-refractivity contribution in [2.75, 3.05) is 30.4 Å². The highest BCUT2D eigenvalue weighted by atomic mass is 16.5. The minimum atomic E-state index is -0.346. The Labute approximate surface area is 118 Å². The number of hydrogen-bond acceptors (Lipinski definition) is 5. The van der Waals surface area contributed by atoms with Crippen molar-refractivity contribution < 1.29 is 9.53 Å². The van der Waals surface area contributed by atoms with E-state index in [-0.39, 0.29) is 11.9 Å². The number of anilines is 2. The van der Waals surface area contributed by atoms with Gasteiger partial charge in [0, 0.05) is 18.8 Å². The number of pyridine rings is 1. The van der Waals surface area contributed by atoms with Gasteiger partial charge in [-0.05, 0) is 31.4 Å². The third kappa shape index (κ3) is 2.56. The van der Waals surface area contributed by atoms with Gasteiger partial charge in [0.1, 0.15) is 6.04 Å². The van der Waals surface area contributed by atoms with Gasteiger partial charge in [0.15, 0.2) is 5.82 Å². The van der Waals surface area contributed by atoms with E-state index in [0.29, 0.717) is 37.3 Å². The number of ether oxygens (including phenoxy) is 1. The fraction of sp³-hybridized carbons (Fsp3) is 0.571. The lowest BCUT2D eigenvalue weighted by Gasteiger charge is -2.36. The predicted octanol–water partition coefficient (Wildman–Crippen LogP) is 0.456. The molecule has 0 aromatic carbocycles. The van der Waals surface area contributed by atoms with E-state index in [1.165, 1.54) is 0 Å². The number of carbonyl (C=O) groups is 1. The molecule has 2 heterocycles. The quantitative estimate of drug-likeness (QED) is 0.838. The van der Waals surface area contributed by atoms with Crippen LogP contribution < -0.4 is 16.0 Å². The molecule has 1 aliphatic heterocycles. The van der Waals surface area contributed by atoms with E-state index < -0.39 is 0 Å². The Balaban J connectivity index is 1.84. The molecule has 1 aromatic heterocycles. The summed E-state index contributed by atoms with van der Waals surface area (Å²) in [5, 5.41) is 3.03.